The number of hydrogen-bond acceptors (Lipinski definition) is 3. The molecule has 15 heavy (non-hydrogen) atoms. The third kappa shape index (κ3) is 7.59. The van der Waals surface area contributed by atoms with Gasteiger partial charge < -0.3 is 15.0 Å². The smallest absolute Gasteiger partial charge is 0.236 e. The maximum Gasteiger partial charge on any atom is 0.236 e. The van der Waals surface area contributed by atoms with E-state index < -0.39 is 0 Å². The maximum absolute atomic E-state index is 11.6. The van der Waals surface area contributed by atoms with Gasteiger partial charge in [0, 0.05) is 26.2 Å². The summed E-state index contributed by atoms with van der Waals surface area (Å²) in [5, 5.41) is 3.04. The van der Waals surface area contributed by atoms with Crippen LogP contribution in [0.25, 0.3) is 0 Å². The van der Waals surface area contributed by atoms with E-state index in [1.54, 1.807) is 7.11 Å². The molecule has 0 bridgehead atoms. The largest absolute Gasteiger partial charge is 0.383 e. The van der Waals surface area contributed by atoms with Crippen LogP contribution in [0, 0.1) is 0 Å². The average molecular weight is 239 g/mol. The topological polar surface area (TPSA) is 41.6 Å². The number of nitrogens with one attached hydrogen (secondary N) is 1. The SMILES string of the molecule is CCN(C(=O)CNCCOC)C(C)C.Cl. The van der Waals surface area contributed by atoms with Crippen LogP contribution < -0.4 is 5.32 Å². The fraction of sp³-hybridized carbons (Fsp3) is 0.900. The van der Waals surface area contributed by atoms with E-state index in [0.717, 1.165) is 13.1 Å². The van der Waals surface area contributed by atoms with Crippen molar-refractivity contribution in [3.63, 3.8) is 0 Å². The Labute approximate surface area is 98.8 Å². The normalized spacial score (nSPS) is 9.93. The lowest BCUT2D eigenvalue weighted by Gasteiger charge is -2.25. The highest BCUT2D eigenvalue weighted by Gasteiger charge is 2.13. The lowest BCUT2D eigenvalue weighted by atomic mass is 10.3. The summed E-state index contributed by atoms with van der Waals surface area (Å²) in [6.07, 6.45) is 0. The quantitative estimate of drug-likeness (QED) is 0.671. The average Bonchev–Trinajstić information content (AvgIpc) is 2.13. The molecule has 0 aromatic rings. The lowest BCUT2D eigenvalue weighted by Crippen LogP contribution is -2.42. The Kier molecular flexibility index (Phi) is 11.6. The van der Waals surface area contributed by atoms with Crippen molar-refractivity contribution in [2.24, 2.45) is 0 Å². The number of amides is 1. The van der Waals surface area contributed by atoms with Crippen molar-refractivity contribution >= 4 is 18.3 Å². The first-order chi connectivity index (χ1) is 6.63. The lowest BCUT2D eigenvalue weighted by molar-refractivity contribution is -0.131. The molecule has 0 fully saturated rings. The first kappa shape index (κ1) is 17.1. The zero-order valence-corrected chi connectivity index (χ0v) is 10.9. The predicted molar refractivity (Wildman–Crippen MR) is 64.5 cm³/mol. The Morgan fingerprint density at radius 1 is 1.47 bits per heavy atom. The molecule has 5 heteroatoms. The molecular formula is C10H23ClN2O2. The zero-order valence-electron chi connectivity index (χ0n) is 10.1. The molecule has 0 saturated carbocycles. The molecule has 0 aliphatic carbocycles. The molecule has 1 N–H and O–H groups in total. The summed E-state index contributed by atoms with van der Waals surface area (Å²) in [7, 11) is 1.65. The highest BCUT2D eigenvalue weighted by molar-refractivity contribution is 5.85. The Bertz CT molecular complexity index is 166. The molecular weight excluding hydrogens is 216 g/mol. The minimum Gasteiger partial charge on any atom is -0.383 e. The molecule has 0 aromatic heterocycles. The van der Waals surface area contributed by atoms with Crippen LogP contribution in [0.15, 0.2) is 0 Å². The molecule has 4 nitrogen and oxygen atoms in total. The Morgan fingerprint density at radius 3 is 2.47 bits per heavy atom. The second-order valence-corrected chi connectivity index (χ2v) is 3.44. The van der Waals surface area contributed by atoms with Gasteiger partial charge in [0.05, 0.1) is 13.2 Å². The van der Waals surface area contributed by atoms with Crippen LogP contribution in [-0.4, -0.2) is 50.2 Å². The number of carbonyl (C=O) groups excluding carboxylic acids is 1. The van der Waals surface area contributed by atoms with Gasteiger partial charge in [-0.05, 0) is 20.8 Å². The number of halogens is 1. The van der Waals surface area contributed by atoms with Crippen molar-refractivity contribution in [3.05, 3.63) is 0 Å². The van der Waals surface area contributed by atoms with Crippen LogP contribution in [0.2, 0.25) is 0 Å². The van der Waals surface area contributed by atoms with Crippen molar-refractivity contribution in [2.75, 3.05) is 33.4 Å². The minimum atomic E-state index is 0. The number of nitrogens with zero attached hydrogens (tertiary/aromatic N) is 1. The van der Waals surface area contributed by atoms with E-state index in [2.05, 4.69) is 5.32 Å². The second-order valence-electron chi connectivity index (χ2n) is 3.44. The highest BCUT2D eigenvalue weighted by Crippen LogP contribution is 1.96. The fourth-order valence-electron chi connectivity index (χ4n) is 1.30. The molecule has 0 aliphatic rings. The summed E-state index contributed by atoms with van der Waals surface area (Å²) in [4.78, 5) is 13.4. The number of likely N-dealkylation sites (N-methyl/N-ethyl adjacent to an activating group) is 1. The van der Waals surface area contributed by atoms with Gasteiger partial charge in [-0.1, -0.05) is 0 Å². The van der Waals surface area contributed by atoms with Crippen LogP contribution in [0.3, 0.4) is 0 Å². The molecule has 0 aromatic carbocycles. The molecule has 0 saturated heterocycles. The van der Waals surface area contributed by atoms with Gasteiger partial charge in [0.15, 0.2) is 0 Å². The van der Waals surface area contributed by atoms with Crippen molar-refractivity contribution in [1.29, 1.82) is 0 Å². The van der Waals surface area contributed by atoms with Crippen molar-refractivity contribution in [3.8, 4) is 0 Å². The monoisotopic (exact) mass is 238 g/mol. The zero-order chi connectivity index (χ0) is 11.0. The van der Waals surface area contributed by atoms with E-state index in [9.17, 15) is 4.79 Å². The minimum absolute atomic E-state index is 0. The third-order valence-electron chi connectivity index (χ3n) is 2.04. The Hall–Kier alpha value is -0.320. The van der Waals surface area contributed by atoms with E-state index in [1.807, 2.05) is 25.7 Å². The number of methoxy groups -OCH3 is 1. The Morgan fingerprint density at radius 2 is 2.07 bits per heavy atom. The molecule has 0 unspecified atom stereocenters. The van der Waals surface area contributed by atoms with Gasteiger partial charge in [-0.15, -0.1) is 12.4 Å². The third-order valence-corrected chi connectivity index (χ3v) is 2.04. The summed E-state index contributed by atoms with van der Waals surface area (Å²) in [5.74, 6) is 0.151. The standard InChI is InChI=1S/C10H22N2O2.ClH/c1-5-12(9(2)3)10(13)8-11-6-7-14-4;/h9,11H,5-8H2,1-4H3;1H. The van der Waals surface area contributed by atoms with Crippen LogP contribution in [0.1, 0.15) is 20.8 Å². The van der Waals surface area contributed by atoms with Gasteiger partial charge in [-0.3, -0.25) is 4.79 Å². The predicted octanol–water partition coefficient (Wildman–Crippen LogP) is 0.901. The molecule has 0 radical (unpaired) electrons. The van der Waals surface area contributed by atoms with Gasteiger partial charge >= 0.3 is 0 Å². The van der Waals surface area contributed by atoms with Crippen molar-refractivity contribution in [2.45, 2.75) is 26.8 Å². The van der Waals surface area contributed by atoms with Crippen LogP contribution in [0.4, 0.5) is 0 Å². The summed E-state index contributed by atoms with van der Waals surface area (Å²) in [6, 6.07) is 0.275. The summed E-state index contributed by atoms with van der Waals surface area (Å²) >= 11 is 0. The maximum atomic E-state index is 11.6. The number of rotatable bonds is 7. The van der Waals surface area contributed by atoms with E-state index >= 15 is 0 Å². The summed E-state index contributed by atoms with van der Waals surface area (Å²) in [6.45, 7) is 8.57. The Balaban J connectivity index is 0. The first-order valence-corrected chi connectivity index (χ1v) is 5.12. The fourth-order valence-corrected chi connectivity index (χ4v) is 1.30. The van der Waals surface area contributed by atoms with Crippen molar-refractivity contribution in [1.82, 2.24) is 10.2 Å². The van der Waals surface area contributed by atoms with Crippen molar-refractivity contribution < 1.29 is 9.53 Å². The molecule has 0 spiro atoms. The second kappa shape index (κ2) is 10.2. The van der Waals surface area contributed by atoms with Crippen LogP contribution >= 0.6 is 12.4 Å². The van der Waals surface area contributed by atoms with E-state index in [4.69, 9.17) is 4.74 Å². The van der Waals surface area contributed by atoms with Gasteiger partial charge in [-0.2, -0.15) is 0 Å². The summed E-state index contributed by atoms with van der Waals surface area (Å²) in [5.41, 5.74) is 0. The molecule has 0 heterocycles. The molecule has 1 amide bonds. The highest BCUT2D eigenvalue weighted by atomic mass is 35.5. The summed E-state index contributed by atoms with van der Waals surface area (Å²) < 4.78 is 4.87. The van der Waals surface area contributed by atoms with E-state index in [-0.39, 0.29) is 24.4 Å². The van der Waals surface area contributed by atoms with Crippen LogP contribution in [-0.2, 0) is 9.53 Å². The van der Waals surface area contributed by atoms with Gasteiger partial charge in [0.2, 0.25) is 5.91 Å². The van der Waals surface area contributed by atoms with Crippen LogP contribution in [0.5, 0.6) is 0 Å². The van der Waals surface area contributed by atoms with Gasteiger partial charge in [-0.25, -0.2) is 0 Å². The first-order valence-electron chi connectivity index (χ1n) is 5.12. The molecule has 0 atom stereocenters. The van der Waals surface area contributed by atoms with Gasteiger partial charge in [0.1, 0.15) is 0 Å². The molecule has 0 rings (SSSR count). The van der Waals surface area contributed by atoms with Gasteiger partial charge in [0.25, 0.3) is 0 Å². The number of ether oxygens (including phenoxy) is 1. The molecule has 92 valence electrons. The number of carbonyl (C=O) groups is 1. The number of hydrogen-bond donors (Lipinski definition) is 1. The van der Waals surface area contributed by atoms with E-state index in [0.29, 0.717) is 13.2 Å². The molecule has 0 aliphatic heterocycles. The van der Waals surface area contributed by atoms with E-state index in [1.165, 1.54) is 0 Å².